The summed E-state index contributed by atoms with van der Waals surface area (Å²) in [7, 11) is 0. The Kier molecular flexibility index (Phi) is 6.52. The van der Waals surface area contributed by atoms with E-state index in [0.29, 0.717) is 12.5 Å². The number of carbonyl (C=O) groups excluding carboxylic acids is 1. The lowest BCUT2D eigenvalue weighted by Gasteiger charge is -2.32. The van der Waals surface area contributed by atoms with Gasteiger partial charge in [-0.15, -0.1) is 0 Å². The average molecular weight is 242 g/mol. The third kappa shape index (κ3) is 6.03. The first-order valence-corrected chi connectivity index (χ1v) is 6.74. The number of hydrogen-bond acceptors (Lipinski definition) is 4. The second-order valence-electron chi connectivity index (χ2n) is 5.09. The molecule has 1 unspecified atom stereocenters. The van der Waals surface area contributed by atoms with Gasteiger partial charge in [-0.05, 0) is 52.2 Å². The molecule has 0 aromatic heterocycles. The number of rotatable bonds is 6. The van der Waals surface area contributed by atoms with Crippen LogP contribution >= 0.6 is 0 Å². The number of ether oxygens (including phenoxy) is 1. The zero-order valence-electron chi connectivity index (χ0n) is 11.4. The summed E-state index contributed by atoms with van der Waals surface area (Å²) < 4.78 is 5.17. The molecule has 0 aromatic rings. The fraction of sp³-hybridized carbons (Fsp3) is 0.923. The zero-order valence-corrected chi connectivity index (χ0v) is 11.4. The van der Waals surface area contributed by atoms with Gasteiger partial charge in [0.1, 0.15) is 0 Å². The van der Waals surface area contributed by atoms with Crippen LogP contribution in [0.4, 0.5) is 0 Å². The minimum Gasteiger partial charge on any atom is -0.462 e. The lowest BCUT2D eigenvalue weighted by Crippen LogP contribution is -2.42. The van der Waals surface area contributed by atoms with Crippen LogP contribution in [0, 0.1) is 5.92 Å². The van der Waals surface area contributed by atoms with Crippen molar-refractivity contribution in [1.82, 2.24) is 10.2 Å². The summed E-state index contributed by atoms with van der Waals surface area (Å²) >= 11 is 0. The van der Waals surface area contributed by atoms with E-state index in [9.17, 15) is 4.79 Å². The van der Waals surface area contributed by atoms with Crippen molar-refractivity contribution in [3.8, 4) is 0 Å². The van der Waals surface area contributed by atoms with E-state index in [2.05, 4.69) is 17.1 Å². The molecule has 4 heteroatoms. The molecule has 1 fully saturated rings. The molecule has 17 heavy (non-hydrogen) atoms. The van der Waals surface area contributed by atoms with Crippen molar-refractivity contribution >= 4 is 5.97 Å². The third-order valence-electron chi connectivity index (χ3n) is 3.01. The maximum Gasteiger partial charge on any atom is 0.320 e. The summed E-state index contributed by atoms with van der Waals surface area (Å²) in [6.07, 6.45) is 2.44. The van der Waals surface area contributed by atoms with E-state index in [-0.39, 0.29) is 12.1 Å². The maximum absolute atomic E-state index is 11.6. The molecule has 100 valence electrons. The van der Waals surface area contributed by atoms with Crippen molar-refractivity contribution in [2.75, 3.05) is 32.7 Å². The highest BCUT2D eigenvalue weighted by Gasteiger charge is 2.21. The predicted molar refractivity (Wildman–Crippen MR) is 68.9 cm³/mol. The summed E-state index contributed by atoms with van der Waals surface area (Å²) in [4.78, 5) is 13.8. The largest absolute Gasteiger partial charge is 0.462 e. The van der Waals surface area contributed by atoms with Gasteiger partial charge >= 0.3 is 5.97 Å². The van der Waals surface area contributed by atoms with Crippen molar-refractivity contribution in [3.63, 3.8) is 0 Å². The smallest absolute Gasteiger partial charge is 0.320 e. The number of nitrogens with zero attached hydrogens (tertiary/aromatic N) is 1. The molecule has 1 N–H and O–H groups in total. The monoisotopic (exact) mass is 242 g/mol. The van der Waals surface area contributed by atoms with Gasteiger partial charge in [0.2, 0.25) is 0 Å². The normalized spacial score (nSPS) is 21.8. The molecule has 1 saturated heterocycles. The molecule has 1 aliphatic heterocycles. The van der Waals surface area contributed by atoms with Crippen LogP contribution in [-0.4, -0.2) is 49.7 Å². The minimum atomic E-state index is -0.0934. The summed E-state index contributed by atoms with van der Waals surface area (Å²) in [5.41, 5.74) is 0. The highest BCUT2D eigenvalue weighted by Crippen LogP contribution is 2.15. The van der Waals surface area contributed by atoms with Gasteiger partial charge in [0.25, 0.3) is 0 Å². The molecule has 4 nitrogen and oxygen atoms in total. The Labute approximate surface area is 105 Å². The number of esters is 1. The number of likely N-dealkylation sites (tertiary alicyclic amines) is 1. The Hall–Kier alpha value is -0.610. The quantitative estimate of drug-likeness (QED) is 0.712. The fourth-order valence-electron chi connectivity index (χ4n) is 2.29. The second kappa shape index (κ2) is 7.67. The standard InChI is InChI=1S/C13H26N2O2/c1-4-14-8-12-6-5-7-15(9-12)10-13(16)17-11(2)3/h11-12,14H,4-10H2,1-3H3. The Morgan fingerprint density at radius 3 is 2.94 bits per heavy atom. The Morgan fingerprint density at radius 2 is 2.29 bits per heavy atom. The molecule has 0 amide bonds. The van der Waals surface area contributed by atoms with E-state index in [1.165, 1.54) is 12.8 Å². The second-order valence-corrected chi connectivity index (χ2v) is 5.09. The van der Waals surface area contributed by atoms with Crippen molar-refractivity contribution in [1.29, 1.82) is 0 Å². The number of nitrogens with one attached hydrogen (secondary N) is 1. The number of piperidine rings is 1. The molecule has 0 saturated carbocycles. The lowest BCUT2D eigenvalue weighted by molar-refractivity contribution is -0.149. The van der Waals surface area contributed by atoms with Crippen LogP contribution in [0.25, 0.3) is 0 Å². The van der Waals surface area contributed by atoms with Crippen LogP contribution in [0.5, 0.6) is 0 Å². The molecule has 1 aliphatic rings. The molecule has 0 radical (unpaired) electrons. The van der Waals surface area contributed by atoms with Crippen molar-refractivity contribution in [2.24, 2.45) is 5.92 Å². The van der Waals surface area contributed by atoms with E-state index in [0.717, 1.165) is 26.2 Å². The molecule has 1 rings (SSSR count). The van der Waals surface area contributed by atoms with Crippen LogP contribution in [-0.2, 0) is 9.53 Å². The Morgan fingerprint density at radius 1 is 1.53 bits per heavy atom. The SMILES string of the molecule is CCNCC1CCCN(CC(=O)OC(C)C)C1. The van der Waals surface area contributed by atoms with Crippen LogP contribution in [0.1, 0.15) is 33.6 Å². The highest BCUT2D eigenvalue weighted by molar-refractivity contribution is 5.71. The fourth-order valence-corrected chi connectivity index (χ4v) is 2.29. The van der Waals surface area contributed by atoms with E-state index in [1.54, 1.807) is 0 Å². The molecule has 0 spiro atoms. The zero-order chi connectivity index (χ0) is 12.7. The van der Waals surface area contributed by atoms with Crippen LogP contribution in [0.15, 0.2) is 0 Å². The van der Waals surface area contributed by atoms with Crippen molar-refractivity contribution in [2.45, 2.75) is 39.7 Å². The van der Waals surface area contributed by atoms with Gasteiger partial charge in [-0.2, -0.15) is 0 Å². The molecule has 1 heterocycles. The van der Waals surface area contributed by atoms with E-state index < -0.39 is 0 Å². The molecular weight excluding hydrogens is 216 g/mol. The van der Waals surface area contributed by atoms with Gasteiger partial charge in [-0.3, -0.25) is 9.69 Å². The molecular formula is C13H26N2O2. The first-order chi connectivity index (χ1) is 8.11. The number of carbonyl (C=O) groups is 1. The van der Waals surface area contributed by atoms with E-state index in [4.69, 9.17) is 4.74 Å². The first-order valence-electron chi connectivity index (χ1n) is 6.74. The van der Waals surface area contributed by atoms with Gasteiger partial charge in [0, 0.05) is 6.54 Å². The van der Waals surface area contributed by atoms with E-state index in [1.807, 2.05) is 13.8 Å². The Bertz CT molecular complexity index is 231. The maximum atomic E-state index is 11.6. The average Bonchev–Trinajstić information content (AvgIpc) is 2.25. The number of hydrogen-bond donors (Lipinski definition) is 1. The van der Waals surface area contributed by atoms with Gasteiger partial charge in [-0.25, -0.2) is 0 Å². The topological polar surface area (TPSA) is 41.6 Å². The minimum absolute atomic E-state index is 0.00940. The molecule has 0 bridgehead atoms. The van der Waals surface area contributed by atoms with E-state index >= 15 is 0 Å². The summed E-state index contributed by atoms with van der Waals surface area (Å²) in [5.74, 6) is 0.583. The van der Waals surface area contributed by atoms with Crippen LogP contribution < -0.4 is 5.32 Å². The predicted octanol–water partition coefficient (Wildman–Crippen LogP) is 1.26. The lowest BCUT2D eigenvalue weighted by atomic mass is 9.98. The summed E-state index contributed by atoms with van der Waals surface area (Å²) in [6, 6.07) is 0. The molecule has 1 atom stereocenters. The van der Waals surface area contributed by atoms with Gasteiger partial charge in [-0.1, -0.05) is 6.92 Å². The van der Waals surface area contributed by atoms with Gasteiger partial charge in [0.15, 0.2) is 0 Å². The van der Waals surface area contributed by atoms with Crippen LogP contribution in [0.3, 0.4) is 0 Å². The third-order valence-corrected chi connectivity index (χ3v) is 3.01. The van der Waals surface area contributed by atoms with Gasteiger partial charge in [0.05, 0.1) is 12.6 Å². The first kappa shape index (κ1) is 14.5. The summed E-state index contributed by atoms with van der Waals surface area (Å²) in [5, 5.41) is 3.38. The highest BCUT2D eigenvalue weighted by atomic mass is 16.5. The van der Waals surface area contributed by atoms with Gasteiger partial charge < -0.3 is 10.1 Å². The van der Waals surface area contributed by atoms with Crippen LogP contribution in [0.2, 0.25) is 0 Å². The van der Waals surface area contributed by atoms with Crippen molar-refractivity contribution in [3.05, 3.63) is 0 Å². The molecule has 0 aromatic carbocycles. The molecule has 0 aliphatic carbocycles. The Balaban J connectivity index is 2.26. The summed E-state index contributed by atoms with van der Waals surface area (Å²) in [6.45, 7) is 10.5. The van der Waals surface area contributed by atoms with Crippen molar-refractivity contribution < 1.29 is 9.53 Å².